The summed E-state index contributed by atoms with van der Waals surface area (Å²) in [5.41, 5.74) is 0. The predicted molar refractivity (Wildman–Crippen MR) is 55.7 cm³/mol. The van der Waals surface area contributed by atoms with E-state index in [1.165, 1.54) is 19.0 Å². The standard InChI is InChI=1S/C9H15N3O2S/c1-2-8-11-5-9(15(10,13)14)12(8)6-7-3-4-7/h5,7H,2-4,6H2,1H3,(H2,10,13,14). The van der Waals surface area contributed by atoms with Crippen LogP contribution >= 0.6 is 0 Å². The zero-order valence-electron chi connectivity index (χ0n) is 8.68. The van der Waals surface area contributed by atoms with Gasteiger partial charge in [-0.05, 0) is 18.8 Å². The highest BCUT2D eigenvalue weighted by Gasteiger charge is 2.26. The lowest BCUT2D eigenvalue weighted by atomic mass is 10.4. The number of imidazole rings is 1. The van der Waals surface area contributed by atoms with Gasteiger partial charge in [-0.1, -0.05) is 6.92 Å². The monoisotopic (exact) mass is 229 g/mol. The van der Waals surface area contributed by atoms with Crippen molar-refractivity contribution in [2.75, 3.05) is 0 Å². The van der Waals surface area contributed by atoms with Crippen LogP contribution < -0.4 is 5.14 Å². The van der Waals surface area contributed by atoms with E-state index in [4.69, 9.17) is 5.14 Å². The van der Waals surface area contributed by atoms with Gasteiger partial charge in [-0.2, -0.15) is 0 Å². The molecule has 1 aromatic heterocycles. The summed E-state index contributed by atoms with van der Waals surface area (Å²) in [6.07, 6.45) is 4.43. The summed E-state index contributed by atoms with van der Waals surface area (Å²) in [7, 11) is -3.64. The molecule has 1 saturated carbocycles. The topological polar surface area (TPSA) is 78.0 Å². The molecule has 1 heterocycles. The summed E-state index contributed by atoms with van der Waals surface area (Å²) in [5, 5.41) is 5.28. The van der Waals surface area contributed by atoms with E-state index in [0.29, 0.717) is 5.92 Å². The van der Waals surface area contributed by atoms with Crippen LogP contribution in [0.5, 0.6) is 0 Å². The third-order valence-electron chi connectivity index (χ3n) is 2.65. The smallest absolute Gasteiger partial charge is 0.255 e. The van der Waals surface area contributed by atoms with Crippen LogP contribution in [0.15, 0.2) is 11.2 Å². The van der Waals surface area contributed by atoms with Crippen molar-refractivity contribution in [2.45, 2.75) is 37.8 Å². The van der Waals surface area contributed by atoms with Crippen LogP contribution in [-0.4, -0.2) is 18.0 Å². The highest BCUT2D eigenvalue weighted by Crippen LogP contribution is 2.32. The SMILES string of the molecule is CCc1ncc(S(N)(=O)=O)n1CC1CC1. The number of hydrogen-bond acceptors (Lipinski definition) is 3. The molecule has 0 spiro atoms. The Kier molecular flexibility index (Phi) is 2.56. The van der Waals surface area contributed by atoms with Crippen LogP contribution in [0.2, 0.25) is 0 Å². The number of aryl methyl sites for hydroxylation is 1. The Morgan fingerprint density at radius 2 is 2.27 bits per heavy atom. The summed E-state index contributed by atoms with van der Waals surface area (Å²) in [6.45, 7) is 2.69. The van der Waals surface area contributed by atoms with Gasteiger partial charge >= 0.3 is 0 Å². The van der Waals surface area contributed by atoms with Crippen LogP contribution in [0.1, 0.15) is 25.6 Å². The average Bonchev–Trinajstić information content (AvgIpc) is 2.82. The van der Waals surface area contributed by atoms with Crippen molar-refractivity contribution in [1.82, 2.24) is 9.55 Å². The van der Waals surface area contributed by atoms with Gasteiger partial charge in [0.25, 0.3) is 10.0 Å². The first-order valence-electron chi connectivity index (χ1n) is 5.09. The number of aromatic nitrogens is 2. The molecular formula is C9H15N3O2S. The van der Waals surface area contributed by atoms with E-state index < -0.39 is 10.0 Å². The summed E-state index contributed by atoms with van der Waals surface area (Å²) in [4.78, 5) is 4.09. The Bertz CT molecular complexity index is 460. The molecule has 2 rings (SSSR count). The van der Waals surface area contributed by atoms with Gasteiger partial charge < -0.3 is 4.57 Å². The molecule has 0 aromatic carbocycles. The molecule has 1 aliphatic carbocycles. The van der Waals surface area contributed by atoms with Gasteiger partial charge in [0.2, 0.25) is 0 Å². The van der Waals surface area contributed by atoms with E-state index in [9.17, 15) is 8.42 Å². The highest BCUT2D eigenvalue weighted by atomic mass is 32.2. The summed E-state index contributed by atoms with van der Waals surface area (Å²) in [6, 6.07) is 0. The van der Waals surface area contributed by atoms with Crippen molar-refractivity contribution in [3.05, 3.63) is 12.0 Å². The number of hydrogen-bond donors (Lipinski definition) is 1. The highest BCUT2D eigenvalue weighted by molar-refractivity contribution is 7.89. The fourth-order valence-electron chi connectivity index (χ4n) is 1.66. The fraction of sp³-hybridized carbons (Fsp3) is 0.667. The predicted octanol–water partition coefficient (Wildman–Crippen LogP) is 0.503. The Labute approximate surface area is 89.4 Å². The minimum Gasteiger partial charge on any atom is -0.318 e. The van der Waals surface area contributed by atoms with Gasteiger partial charge in [-0.15, -0.1) is 0 Å². The molecule has 1 aromatic rings. The van der Waals surface area contributed by atoms with Gasteiger partial charge in [-0.3, -0.25) is 0 Å². The van der Waals surface area contributed by atoms with Crippen LogP contribution in [0, 0.1) is 5.92 Å². The zero-order valence-corrected chi connectivity index (χ0v) is 9.50. The lowest BCUT2D eigenvalue weighted by Gasteiger charge is -2.08. The number of rotatable bonds is 4. The second-order valence-electron chi connectivity index (χ2n) is 3.97. The van der Waals surface area contributed by atoms with Crippen molar-refractivity contribution < 1.29 is 8.42 Å². The van der Waals surface area contributed by atoms with Gasteiger partial charge in [0.15, 0.2) is 5.03 Å². The number of nitrogens with two attached hydrogens (primary N) is 1. The van der Waals surface area contributed by atoms with E-state index in [1.54, 1.807) is 4.57 Å². The molecule has 0 atom stereocenters. The normalized spacial score (nSPS) is 16.9. The first kappa shape index (κ1) is 10.6. The van der Waals surface area contributed by atoms with Gasteiger partial charge in [0.1, 0.15) is 5.82 Å². The molecule has 0 amide bonds. The molecule has 6 heteroatoms. The maximum atomic E-state index is 11.3. The molecule has 15 heavy (non-hydrogen) atoms. The molecule has 0 aliphatic heterocycles. The third kappa shape index (κ3) is 2.21. The Balaban J connectivity index is 2.40. The quantitative estimate of drug-likeness (QED) is 0.816. The lowest BCUT2D eigenvalue weighted by Crippen LogP contribution is -2.19. The Morgan fingerprint density at radius 3 is 2.73 bits per heavy atom. The second kappa shape index (κ2) is 3.61. The van der Waals surface area contributed by atoms with Crippen LogP contribution in [-0.2, 0) is 23.0 Å². The average molecular weight is 229 g/mol. The van der Waals surface area contributed by atoms with Crippen molar-refractivity contribution in [3.8, 4) is 0 Å². The third-order valence-corrected chi connectivity index (χ3v) is 3.56. The lowest BCUT2D eigenvalue weighted by molar-refractivity contribution is 0.538. The van der Waals surface area contributed by atoms with E-state index >= 15 is 0 Å². The van der Waals surface area contributed by atoms with Crippen molar-refractivity contribution >= 4 is 10.0 Å². The van der Waals surface area contributed by atoms with Crippen LogP contribution in [0.4, 0.5) is 0 Å². The first-order valence-corrected chi connectivity index (χ1v) is 6.64. The van der Waals surface area contributed by atoms with Gasteiger partial charge in [-0.25, -0.2) is 18.5 Å². The maximum absolute atomic E-state index is 11.3. The number of primary sulfonamides is 1. The molecular weight excluding hydrogens is 214 g/mol. The molecule has 1 fully saturated rings. The largest absolute Gasteiger partial charge is 0.318 e. The van der Waals surface area contributed by atoms with E-state index in [0.717, 1.165) is 18.8 Å². The molecule has 0 bridgehead atoms. The Morgan fingerprint density at radius 1 is 1.60 bits per heavy atom. The summed E-state index contributed by atoms with van der Waals surface area (Å²) < 4.78 is 24.3. The van der Waals surface area contributed by atoms with Crippen LogP contribution in [0.25, 0.3) is 0 Å². The van der Waals surface area contributed by atoms with E-state index in [-0.39, 0.29) is 5.03 Å². The van der Waals surface area contributed by atoms with Gasteiger partial charge in [0.05, 0.1) is 6.20 Å². The van der Waals surface area contributed by atoms with Crippen molar-refractivity contribution in [1.29, 1.82) is 0 Å². The molecule has 5 nitrogen and oxygen atoms in total. The zero-order chi connectivity index (χ0) is 11.1. The second-order valence-corrected chi connectivity index (χ2v) is 5.47. The summed E-state index contributed by atoms with van der Waals surface area (Å²) >= 11 is 0. The van der Waals surface area contributed by atoms with Gasteiger partial charge in [0, 0.05) is 13.0 Å². The minimum absolute atomic E-state index is 0.145. The number of sulfonamides is 1. The minimum atomic E-state index is -3.64. The van der Waals surface area contributed by atoms with E-state index in [1.807, 2.05) is 6.92 Å². The van der Waals surface area contributed by atoms with Crippen molar-refractivity contribution in [3.63, 3.8) is 0 Å². The Hall–Kier alpha value is -0.880. The number of nitrogens with zero attached hydrogens (tertiary/aromatic N) is 2. The molecule has 2 N–H and O–H groups in total. The van der Waals surface area contributed by atoms with E-state index in [2.05, 4.69) is 4.98 Å². The van der Waals surface area contributed by atoms with Crippen LogP contribution in [0.3, 0.4) is 0 Å². The molecule has 0 unspecified atom stereocenters. The van der Waals surface area contributed by atoms with Crippen molar-refractivity contribution in [2.24, 2.45) is 11.1 Å². The molecule has 0 saturated heterocycles. The maximum Gasteiger partial charge on any atom is 0.255 e. The molecule has 1 aliphatic rings. The molecule has 0 radical (unpaired) electrons. The first-order chi connectivity index (χ1) is 7.02. The fourth-order valence-corrected chi connectivity index (χ4v) is 2.35. The molecule has 84 valence electrons. The summed E-state index contributed by atoms with van der Waals surface area (Å²) in [5.74, 6) is 1.40.